The molecule has 0 N–H and O–H groups in total. The van der Waals surface area contributed by atoms with Crippen LogP contribution in [-0.2, 0) is 0 Å². The summed E-state index contributed by atoms with van der Waals surface area (Å²) in [5, 5.41) is 5.31. The average molecular weight is 368 g/mol. The van der Waals surface area contributed by atoms with Crippen molar-refractivity contribution in [2.24, 2.45) is 0 Å². The van der Waals surface area contributed by atoms with Gasteiger partial charge in [0.05, 0.1) is 0 Å². The van der Waals surface area contributed by atoms with Crippen LogP contribution in [0.4, 0.5) is 4.79 Å². The summed E-state index contributed by atoms with van der Waals surface area (Å²) in [7, 11) is -0.157. The van der Waals surface area contributed by atoms with E-state index in [1.54, 1.807) is 12.1 Å². The van der Waals surface area contributed by atoms with Crippen molar-refractivity contribution in [2.45, 2.75) is 18.1 Å². The molecule has 0 radical (unpaired) electrons. The number of rotatable bonds is 2. The summed E-state index contributed by atoms with van der Waals surface area (Å²) in [5.41, 5.74) is 0. The Morgan fingerprint density at radius 1 is 1.24 bits per heavy atom. The normalized spacial score (nSPS) is 24.0. The number of benzene rings is 1. The van der Waals surface area contributed by atoms with Crippen LogP contribution >= 0.6 is 26.8 Å². The minimum atomic E-state index is -0.230. The largest absolute Gasteiger partial charge is 0.415 e. The van der Waals surface area contributed by atoms with E-state index in [0.717, 1.165) is 25.9 Å². The standard InChI is InChI=1S/C16H18BrNO2S/c17-13-8-11-21(12-13)15-6-9-18(10-7-15)16(19)20-14-4-2-1-3-5-14/h1-5,8,11-12,15,21H,6-7,9-10H2. The highest BCUT2D eigenvalue weighted by molar-refractivity contribution is 9.12. The third kappa shape index (κ3) is 3.71. The molecule has 0 bridgehead atoms. The molecule has 112 valence electrons. The Morgan fingerprint density at radius 3 is 2.57 bits per heavy atom. The minimum Gasteiger partial charge on any atom is -0.410 e. The van der Waals surface area contributed by atoms with Gasteiger partial charge in [0, 0.05) is 17.6 Å². The molecule has 1 aromatic carbocycles. The van der Waals surface area contributed by atoms with Crippen LogP contribution in [0.5, 0.6) is 5.75 Å². The van der Waals surface area contributed by atoms with Crippen molar-refractivity contribution in [3.05, 3.63) is 51.7 Å². The maximum Gasteiger partial charge on any atom is 0.415 e. The van der Waals surface area contributed by atoms with Crippen LogP contribution in [-0.4, -0.2) is 29.3 Å². The van der Waals surface area contributed by atoms with Crippen molar-refractivity contribution in [1.29, 1.82) is 0 Å². The van der Waals surface area contributed by atoms with Crippen LogP contribution in [0.25, 0.3) is 0 Å². The summed E-state index contributed by atoms with van der Waals surface area (Å²) in [6, 6.07) is 9.26. The van der Waals surface area contributed by atoms with E-state index in [2.05, 4.69) is 32.8 Å². The van der Waals surface area contributed by atoms with Crippen LogP contribution in [0.2, 0.25) is 0 Å². The predicted molar refractivity (Wildman–Crippen MR) is 92.2 cm³/mol. The molecule has 0 spiro atoms. The highest BCUT2D eigenvalue weighted by atomic mass is 79.9. The first-order valence-corrected chi connectivity index (χ1v) is 9.41. The lowest BCUT2D eigenvalue weighted by Crippen LogP contribution is -2.41. The number of hydrogen-bond donors (Lipinski definition) is 1. The zero-order valence-corrected chi connectivity index (χ0v) is 14.1. The van der Waals surface area contributed by atoms with E-state index in [1.807, 2.05) is 23.1 Å². The number of thiol groups is 1. The van der Waals surface area contributed by atoms with Crippen LogP contribution in [0.1, 0.15) is 12.8 Å². The molecule has 0 saturated carbocycles. The number of hydrogen-bond acceptors (Lipinski definition) is 2. The van der Waals surface area contributed by atoms with E-state index in [0.29, 0.717) is 11.0 Å². The molecular weight excluding hydrogens is 350 g/mol. The summed E-state index contributed by atoms with van der Waals surface area (Å²) in [6.07, 6.45) is 4.01. The zero-order chi connectivity index (χ0) is 14.7. The van der Waals surface area contributed by atoms with Gasteiger partial charge in [0.25, 0.3) is 0 Å². The molecule has 1 fully saturated rings. The van der Waals surface area contributed by atoms with Gasteiger partial charge in [-0.25, -0.2) is 15.7 Å². The Labute approximate surface area is 136 Å². The maximum absolute atomic E-state index is 12.1. The van der Waals surface area contributed by atoms with Gasteiger partial charge < -0.3 is 9.64 Å². The number of likely N-dealkylation sites (tertiary alicyclic amines) is 1. The van der Waals surface area contributed by atoms with Crippen molar-refractivity contribution >= 4 is 32.9 Å². The minimum absolute atomic E-state index is 0.157. The van der Waals surface area contributed by atoms with Crippen LogP contribution in [0.3, 0.4) is 0 Å². The fourth-order valence-electron chi connectivity index (χ4n) is 2.61. The third-order valence-electron chi connectivity index (χ3n) is 3.77. The Hall–Kier alpha value is -1.20. The number of carbonyl (C=O) groups is 1. The van der Waals surface area contributed by atoms with E-state index in [4.69, 9.17) is 4.74 Å². The van der Waals surface area contributed by atoms with E-state index < -0.39 is 0 Å². The number of carbonyl (C=O) groups excluding carboxylic acids is 1. The first-order valence-electron chi connectivity index (χ1n) is 7.07. The highest BCUT2D eigenvalue weighted by Gasteiger charge is 2.27. The van der Waals surface area contributed by atoms with Gasteiger partial charge in [0.2, 0.25) is 0 Å². The quantitative estimate of drug-likeness (QED) is 0.784. The summed E-state index contributed by atoms with van der Waals surface area (Å²) in [4.78, 5) is 13.9. The van der Waals surface area contributed by atoms with Crippen molar-refractivity contribution < 1.29 is 9.53 Å². The molecule has 0 aromatic heterocycles. The van der Waals surface area contributed by atoms with Gasteiger partial charge in [-0.05, 0) is 47.1 Å². The zero-order valence-electron chi connectivity index (χ0n) is 11.6. The first kappa shape index (κ1) is 14.7. The Kier molecular flexibility index (Phi) is 4.70. The van der Waals surface area contributed by atoms with Crippen molar-refractivity contribution in [3.63, 3.8) is 0 Å². The number of allylic oxidation sites excluding steroid dienone is 2. The number of amides is 1. The Balaban J connectivity index is 1.51. The fraction of sp³-hybridized carbons (Fsp3) is 0.312. The van der Waals surface area contributed by atoms with Crippen molar-refractivity contribution in [2.75, 3.05) is 13.1 Å². The molecule has 2 aliphatic heterocycles. The van der Waals surface area contributed by atoms with E-state index >= 15 is 0 Å². The molecule has 1 amide bonds. The van der Waals surface area contributed by atoms with Gasteiger partial charge in [-0.15, -0.1) is 0 Å². The number of para-hydroxylation sites is 1. The summed E-state index contributed by atoms with van der Waals surface area (Å²) >= 11 is 3.52. The Bertz CT molecular complexity index is 565. The second kappa shape index (κ2) is 6.71. The first-order chi connectivity index (χ1) is 10.2. The van der Waals surface area contributed by atoms with Gasteiger partial charge in [0.15, 0.2) is 0 Å². The molecule has 1 atom stereocenters. The molecule has 2 aliphatic rings. The lowest BCUT2D eigenvalue weighted by Gasteiger charge is -2.34. The van der Waals surface area contributed by atoms with Crippen LogP contribution in [0, 0.1) is 0 Å². The second-order valence-electron chi connectivity index (χ2n) is 5.18. The van der Waals surface area contributed by atoms with E-state index in [1.165, 1.54) is 4.48 Å². The van der Waals surface area contributed by atoms with Crippen molar-refractivity contribution in [3.8, 4) is 5.75 Å². The molecule has 0 aliphatic carbocycles. The number of piperidine rings is 1. The Morgan fingerprint density at radius 2 is 1.95 bits per heavy atom. The molecule has 1 unspecified atom stereocenters. The molecular formula is C16H18BrNO2S. The van der Waals surface area contributed by atoms with Gasteiger partial charge in [-0.3, -0.25) is 0 Å². The maximum atomic E-state index is 12.1. The van der Waals surface area contributed by atoms with Crippen molar-refractivity contribution in [1.82, 2.24) is 4.90 Å². The monoisotopic (exact) mass is 367 g/mol. The van der Waals surface area contributed by atoms with Gasteiger partial charge in [0.1, 0.15) is 5.75 Å². The topological polar surface area (TPSA) is 29.5 Å². The lowest BCUT2D eigenvalue weighted by atomic mass is 10.1. The molecule has 21 heavy (non-hydrogen) atoms. The number of ether oxygens (including phenoxy) is 1. The fourth-order valence-corrected chi connectivity index (χ4v) is 5.73. The molecule has 1 aromatic rings. The molecule has 2 heterocycles. The van der Waals surface area contributed by atoms with Gasteiger partial charge in [-0.1, -0.05) is 34.1 Å². The third-order valence-corrected chi connectivity index (χ3v) is 7.05. The summed E-state index contributed by atoms with van der Waals surface area (Å²) in [5.74, 6) is 0.611. The van der Waals surface area contributed by atoms with Crippen LogP contribution in [0.15, 0.2) is 51.7 Å². The predicted octanol–water partition coefficient (Wildman–Crippen LogP) is 4.41. The average Bonchev–Trinajstić information content (AvgIpc) is 2.95. The summed E-state index contributed by atoms with van der Waals surface area (Å²) < 4.78 is 6.58. The van der Waals surface area contributed by atoms with E-state index in [-0.39, 0.29) is 17.0 Å². The summed E-state index contributed by atoms with van der Waals surface area (Å²) in [6.45, 7) is 1.57. The number of halogens is 1. The second-order valence-corrected chi connectivity index (χ2v) is 8.27. The molecule has 3 rings (SSSR count). The highest BCUT2D eigenvalue weighted by Crippen LogP contribution is 2.46. The van der Waals surface area contributed by atoms with Gasteiger partial charge in [-0.2, -0.15) is 0 Å². The SMILES string of the molecule is O=C(Oc1ccccc1)N1CCC([SH]2C=CC(Br)=C2)CC1. The smallest absolute Gasteiger partial charge is 0.410 e. The van der Waals surface area contributed by atoms with Crippen LogP contribution < -0.4 is 4.74 Å². The lowest BCUT2D eigenvalue weighted by molar-refractivity contribution is 0.143. The molecule has 1 saturated heterocycles. The van der Waals surface area contributed by atoms with Gasteiger partial charge >= 0.3 is 6.09 Å². The molecule has 5 heteroatoms. The molecule has 3 nitrogen and oxygen atoms in total. The van der Waals surface area contributed by atoms with E-state index in [9.17, 15) is 4.79 Å². The number of nitrogens with zero attached hydrogens (tertiary/aromatic N) is 1.